The summed E-state index contributed by atoms with van der Waals surface area (Å²) >= 11 is 3.10. The highest BCUT2D eigenvalue weighted by molar-refractivity contribution is 9.10. The maximum Gasteiger partial charge on any atom is 0.143 e. The summed E-state index contributed by atoms with van der Waals surface area (Å²) in [4.78, 5) is 0. The van der Waals surface area contributed by atoms with Crippen molar-refractivity contribution in [2.75, 3.05) is 13.6 Å². The van der Waals surface area contributed by atoms with Crippen LogP contribution >= 0.6 is 15.9 Å². The molecular formula is C14H20BrF2N. The summed E-state index contributed by atoms with van der Waals surface area (Å²) in [5.74, 6) is -0.790. The van der Waals surface area contributed by atoms with Crippen molar-refractivity contribution in [2.24, 2.45) is 11.3 Å². The molecule has 18 heavy (non-hydrogen) atoms. The predicted molar refractivity (Wildman–Crippen MR) is 74.6 cm³/mol. The van der Waals surface area contributed by atoms with E-state index in [-0.39, 0.29) is 16.9 Å². The highest BCUT2D eigenvalue weighted by Crippen LogP contribution is 2.31. The molecule has 1 rings (SSSR count). The second-order valence-electron chi connectivity index (χ2n) is 5.65. The highest BCUT2D eigenvalue weighted by Gasteiger charge is 2.27. The number of hydrogen-bond donors (Lipinski definition) is 1. The highest BCUT2D eigenvalue weighted by atomic mass is 79.9. The van der Waals surface area contributed by atoms with Gasteiger partial charge in [-0.05, 0) is 59.4 Å². The minimum Gasteiger partial charge on any atom is -0.319 e. The molecule has 0 saturated carbocycles. The molecule has 1 unspecified atom stereocenters. The molecule has 1 nitrogen and oxygen atoms in total. The zero-order valence-corrected chi connectivity index (χ0v) is 12.9. The second-order valence-corrected chi connectivity index (χ2v) is 6.50. The van der Waals surface area contributed by atoms with Crippen LogP contribution in [0.25, 0.3) is 0 Å². The van der Waals surface area contributed by atoms with Crippen molar-refractivity contribution in [1.82, 2.24) is 5.32 Å². The fraction of sp³-hybridized carbons (Fsp3) is 0.571. The maximum atomic E-state index is 13.9. The summed E-state index contributed by atoms with van der Waals surface area (Å²) in [5.41, 5.74) is 0.157. The number of halogens is 3. The Morgan fingerprint density at radius 3 is 2.39 bits per heavy atom. The molecule has 0 aliphatic carbocycles. The summed E-state index contributed by atoms with van der Waals surface area (Å²) < 4.78 is 28.0. The molecular weight excluding hydrogens is 300 g/mol. The van der Waals surface area contributed by atoms with Gasteiger partial charge >= 0.3 is 0 Å². The van der Waals surface area contributed by atoms with Crippen LogP contribution in [0.3, 0.4) is 0 Å². The molecule has 0 aliphatic rings. The number of nitrogens with one attached hydrogen (secondary N) is 1. The molecule has 1 atom stereocenters. The number of hydrogen-bond acceptors (Lipinski definition) is 1. The van der Waals surface area contributed by atoms with E-state index in [1.54, 1.807) is 0 Å². The van der Waals surface area contributed by atoms with E-state index in [9.17, 15) is 8.78 Å². The Labute approximate surface area is 116 Å². The molecule has 0 bridgehead atoms. The number of rotatable bonds is 4. The van der Waals surface area contributed by atoms with E-state index in [2.05, 4.69) is 42.0 Å². The molecule has 1 aromatic carbocycles. The lowest BCUT2D eigenvalue weighted by Gasteiger charge is -2.31. The van der Waals surface area contributed by atoms with Crippen molar-refractivity contribution in [3.8, 4) is 0 Å². The third-order valence-corrected chi connectivity index (χ3v) is 3.88. The smallest absolute Gasteiger partial charge is 0.143 e. The van der Waals surface area contributed by atoms with Crippen LogP contribution in [0.15, 0.2) is 16.6 Å². The van der Waals surface area contributed by atoms with Crippen molar-refractivity contribution in [3.63, 3.8) is 0 Å². The van der Waals surface area contributed by atoms with Crippen LogP contribution in [0, 0.1) is 23.0 Å². The van der Waals surface area contributed by atoms with Crippen molar-refractivity contribution in [3.05, 3.63) is 33.8 Å². The van der Waals surface area contributed by atoms with Crippen LogP contribution in [-0.2, 0) is 6.42 Å². The summed E-state index contributed by atoms with van der Waals surface area (Å²) in [5, 5.41) is 3.09. The van der Waals surface area contributed by atoms with E-state index in [1.165, 1.54) is 12.1 Å². The summed E-state index contributed by atoms with van der Waals surface area (Å²) in [7, 11) is 1.85. The van der Waals surface area contributed by atoms with Gasteiger partial charge in [0.1, 0.15) is 11.6 Å². The van der Waals surface area contributed by atoms with Crippen LogP contribution in [0.4, 0.5) is 8.78 Å². The molecule has 0 amide bonds. The van der Waals surface area contributed by atoms with Crippen molar-refractivity contribution >= 4 is 15.9 Å². The van der Waals surface area contributed by atoms with Crippen molar-refractivity contribution in [1.29, 1.82) is 0 Å². The minimum atomic E-state index is -0.486. The van der Waals surface area contributed by atoms with E-state index in [1.807, 2.05) is 7.05 Å². The Morgan fingerprint density at radius 1 is 1.28 bits per heavy atom. The molecule has 0 spiro atoms. The third-order valence-electron chi connectivity index (χ3n) is 3.26. The average Bonchev–Trinajstić information content (AvgIpc) is 2.27. The molecule has 0 radical (unpaired) electrons. The zero-order chi connectivity index (χ0) is 13.9. The normalized spacial score (nSPS) is 13.7. The number of benzene rings is 1. The van der Waals surface area contributed by atoms with Crippen LogP contribution in [0.2, 0.25) is 0 Å². The van der Waals surface area contributed by atoms with Gasteiger partial charge in [0.15, 0.2) is 0 Å². The Morgan fingerprint density at radius 2 is 1.89 bits per heavy atom. The molecule has 1 N–H and O–H groups in total. The molecule has 4 heteroatoms. The molecule has 102 valence electrons. The van der Waals surface area contributed by atoms with Crippen LogP contribution in [0.5, 0.6) is 0 Å². The molecule has 0 heterocycles. The Hall–Kier alpha value is -0.480. The SMILES string of the molecule is CNCC(Cc1c(F)ccc(Br)c1F)C(C)(C)C. The molecule has 0 saturated heterocycles. The van der Waals surface area contributed by atoms with Crippen molar-refractivity contribution < 1.29 is 8.78 Å². The molecule has 0 aromatic heterocycles. The van der Waals surface area contributed by atoms with Gasteiger partial charge in [0, 0.05) is 5.56 Å². The topological polar surface area (TPSA) is 12.0 Å². The van der Waals surface area contributed by atoms with Gasteiger partial charge in [-0.2, -0.15) is 0 Å². The predicted octanol–water partition coefficient (Wildman–Crippen LogP) is 4.15. The average molecular weight is 320 g/mol. The van der Waals surface area contributed by atoms with E-state index in [0.29, 0.717) is 10.9 Å². The summed E-state index contributed by atoms with van der Waals surface area (Å²) in [6.07, 6.45) is 0.390. The first-order chi connectivity index (χ1) is 8.27. The van der Waals surface area contributed by atoms with Gasteiger partial charge in [0.25, 0.3) is 0 Å². The van der Waals surface area contributed by atoms with Gasteiger partial charge in [-0.3, -0.25) is 0 Å². The monoisotopic (exact) mass is 319 g/mol. The van der Waals surface area contributed by atoms with Gasteiger partial charge in [0.05, 0.1) is 4.47 Å². The first-order valence-corrected chi connectivity index (χ1v) is 6.83. The lowest BCUT2D eigenvalue weighted by atomic mass is 9.77. The van der Waals surface area contributed by atoms with Gasteiger partial charge in [-0.15, -0.1) is 0 Å². The van der Waals surface area contributed by atoms with E-state index in [4.69, 9.17) is 0 Å². The fourth-order valence-corrected chi connectivity index (χ4v) is 2.30. The molecule has 0 aliphatic heterocycles. The maximum absolute atomic E-state index is 13.9. The van der Waals surface area contributed by atoms with Gasteiger partial charge in [-0.25, -0.2) is 8.78 Å². The quantitative estimate of drug-likeness (QED) is 0.822. The zero-order valence-electron chi connectivity index (χ0n) is 11.3. The minimum absolute atomic E-state index is 0.00971. The van der Waals surface area contributed by atoms with Gasteiger partial charge in [0.2, 0.25) is 0 Å². The second kappa shape index (κ2) is 6.11. The Bertz CT molecular complexity index is 413. The summed E-state index contributed by atoms with van der Waals surface area (Å²) in [6.45, 7) is 6.99. The lowest BCUT2D eigenvalue weighted by Crippen LogP contribution is -2.32. The van der Waals surface area contributed by atoms with Crippen LogP contribution in [-0.4, -0.2) is 13.6 Å². The first-order valence-electron chi connectivity index (χ1n) is 6.04. The van der Waals surface area contributed by atoms with E-state index < -0.39 is 11.6 Å². The largest absolute Gasteiger partial charge is 0.319 e. The van der Waals surface area contributed by atoms with Crippen LogP contribution in [0.1, 0.15) is 26.3 Å². The Kier molecular flexibility index (Phi) is 5.29. The molecule has 1 aromatic rings. The van der Waals surface area contributed by atoms with E-state index >= 15 is 0 Å². The molecule has 0 fully saturated rings. The van der Waals surface area contributed by atoms with Gasteiger partial charge < -0.3 is 5.32 Å². The third kappa shape index (κ3) is 3.75. The fourth-order valence-electron chi connectivity index (χ4n) is 1.93. The Balaban J connectivity index is 3.04. The standard InChI is InChI=1S/C14H20BrF2N/c1-14(2,3)9(8-18-4)7-10-12(16)6-5-11(15)13(10)17/h5-6,9,18H,7-8H2,1-4H3. The first kappa shape index (κ1) is 15.6. The van der Waals surface area contributed by atoms with Crippen molar-refractivity contribution in [2.45, 2.75) is 27.2 Å². The van der Waals surface area contributed by atoms with Crippen LogP contribution < -0.4 is 5.32 Å². The van der Waals surface area contributed by atoms with E-state index in [0.717, 1.165) is 6.54 Å². The lowest BCUT2D eigenvalue weighted by molar-refractivity contribution is 0.231. The van der Waals surface area contributed by atoms with Gasteiger partial charge in [-0.1, -0.05) is 20.8 Å². The summed E-state index contributed by atoms with van der Waals surface area (Å²) in [6, 6.07) is 2.71.